The molecule has 1 aliphatic heterocycles. The van der Waals surface area contributed by atoms with E-state index in [1.54, 1.807) is 12.4 Å². The van der Waals surface area contributed by atoms with Crippen LogP contribution in [-0.2, 0) is 6.42 Å². The summed E-state index contributed by atoms with van der Waals surface area (Å²) in [6, 6.07) is 14.1. The Morgan fingerprint density at radius 2 is 1.77 bits per heavy atom. The maximum absolute atomic E-state index is 6.41. The molecular formula is C23H24ClN7. The Morgan fingerprint density at radius 3 is 2.52 bits per heavy atom. The summed E-state index contributed by atoms with van der Waals surface area (Å²) in [5.41, 5.74) is 3.03. The highest BCUT2D eigenvalue weighted by atomic mass is 35.5. The Balaban J connectivity index is 1.47. The fraction of sp³-hybridized carbons (Fsp3) is 0.304. The van der Waals surface area contributed by atoms with Gasteiger partial charge in [0.2, 0.25) is 0 Å². The highest BCUT2D eigenvalue weighted by molar-refractivity contribution is 6.33. The molecular weight excluding hydrogens is 410 g/mol. The van der Waals surface area contributed by atoms with E-state index >= 15 is 0 Å². The number of hydrogen-bond acceptors (Lipinski definition) is 6. The van der Waals surface area contributed by atoms with E-state index < -0.39 is 0 Å². The lowest BCUT2D eigenvalue weighted by Crippen LogP contribution is -2.47. The molecule has 1 saturated heterocycles. The van der Waals surface area contributed by atoms with Crippen LogP contribution in [0.5, 0.6) is 0 Å². The number of nitrogens with zero attached hydrogens (tertiary/aromatic N) is 7. The molecule has 4 heterocycles. The molecule has 0 N–H and O–H groups in total. The molecule has 1 aliphatic rings. The van der Waals surface area contributed by atoms with Crippen molar-refractivity contribution >= 4 is 28.9 Å². The Hall–Kier alpha value is -3.19. The van der Waals surface area contributed by atoms with Gasteiger partial charge in [0.15, 0.2) is 5.82 Å². The van der Waals surface area contributed by atoms with Crippen molar-refractivity contribution in [3.63, 3.8) is 0 Å². The SMILES string of the molecule is CCCc1cc(N2CCN(c3ccccc3Cl)CC2)n2nc(-c3cccnc3)nc2n1. The van der Waals surface area contributed by atoms with Crippen LogP contribution in [-0.4, -0.2) is 50.7 Å². The number of aryl methyl sites for hydroxylation is 1. The van der Waals surface area contributed by atoms with E-state index in [0.717, 1.165) is 66.8 Å². The molecule has 31 heavy (non-hydrogen) atoms. The number of hydrogen-bond donors (Lipinski definition) is 0. The van der Waals surface area contributed by atoms with Crippen molar-refractivity contribution in [3.05, 3.63) is 65.6 Å². The lowest BCUT2D eigenvalue weighted by atomic mass is 10.2. The van der Waals surface area contributed by atoms with Gasteiger partial charge in [-0.25, -0.2) is 4.98 Å². The van der Waals surface area contributed by atoms with Crippen LogP contribution in [0.4, 0.5) is 11.5 Å². The zero-order valence-electron chi connectivity index (χ0n) is 17.4. The molecule has 0 aliphatic carbocycles. The number of halogens is 1. The fourth-order valence-corrected chi connectivity index (χ4v) is 4.27. The summed E-state index contributed by atoms with van der Waals surface area (Å²) in [5, 5.41) is 5.57. The van der Waals surface area contributed by atoms with Gasteiger partial charge in [-0.15, -0.1) is 5.10 Å². The maximum atomic E-state index is 6.41. The zero-order chi connectivity index (χ0) is 21.2. The van der Waals surface area contributed by atoms with E-state index in [4.69, 9.17) is 26.7 Å². The van der Waals surface area contributed by atoms with Crippen LogP contribution in [0.25, 0.3) is 17.2 Å². The van der Waals surface area contributed by atoms with Crippen LogP contribution in [0.2, 0.25) is 5.02 Å². The molecule has 0 unspecified atom stereocenters. The van der Waals surface area contributed by atoms with Crippen molar-refractivity contribution in [2.45, 2.75) is 19.8 Å². The summed E-state index contributed by atoms with van der Waals surface area (Å²) in [7, 11) is 0. The first-order valence-electron chi connectivity index (χ1n) is 10.6. The second kappa shape index (κ2) is 8.51. The molecule has 4 aromatic rings. The molecule has 0 radical (unpaired) electrons. The molecule has 0 spiro atoms. The first-order chi connectivity index (χ1) is 15.2. The van der Waals surface area contributed by atoms with Gasteiger partial charge in [0.05, 0.1) is 10.7 Å². The molecule has 1 aromatic carbocycles. The first-order valence-corrected chi connectivity index (χ1v) is 11.0. The van der Waals surface area contributed by atoms with E-state index in [1.165, 1.54) is 0 Å². The standard InChI is InChI=1S/C23H24ClN7/c1-2-6-18-15-21(30-13-11-29(12-14-30)20-9-4-3-8-19(20)24)31-23(26-18)27-22(28-31)17-7-5-10-25-16-17/h3-5,7-10,15-16H,2,6,11-14H2,1H3. The van der Waals surface area contributed by atoms with Gasteiger partial charge in [-0.2, -0.15) is 9.50 Å². The second-order valence-electron chi connectivity index (χ2n) is 7.67. The number of aromatic nitrogens is 5. The van der Waals surface area contributed by atoms with Gasteiger partial charge in [0.25, 0.3) is 5.78 Å². The fourth-order valence-electron chi connectivity index (χ4n) is 4.01. The maximum Gasteiger partial charge on any atom is 0.254 e. The number of benzene rings is 1. The summed E-state index contributed by atoms with van der Waals surface area (Å²) in [5.74, 6) is 2.31. The van der Waals surface area contributed by atoms with Gasteiger partial charge in [-0.05, 0) is 30.7 Å². The highest BCUT2D eigenvalue weighted by Gasteiger charge is 2.23. The van der Waals surface area contributed by atoms with Gasteiger partial charge in [-0.1, -0.05) is 37.1 Å². The lowest BCUT2D eigenvalue weighted by Gasteiger charge is -2.37. The number of para-hydroxylation sites is 1. The van der Waals surface area contributed by atoms with Gasteiger partial charge in [0, 0.05) is 55.9 Å². The molecule has 3 aromatic heterocycles. The third-order valence-electron chi connectivity index (χ3n) is 5.57. The van der Waals surface area contributed by atoms with Crippen molar-refractivity contribution in [2.24, 2.45) is 0 Å². The highest BCUT2D eigenvalue weighted by Crippen LogP contribution is 2.28. The molecule has 5 rings (SSSR count). The molecule has 0 saturated carbocycles. The third kappa shape index (κ3) is 3.93. The van der Waals surface area contributed by atoms with Crippen LogP contribution >= 0.6 is 11.6 Å². The molecule has 158 valence electrons. The van der Waals surface area contributed by atoms with Crippen molar-refractivity contribution in [1.29, 1.82) is 0 Å². The van der Waals surface area contributed by atoms with Gasteiger partial charge >= 0.3 is 0 Å². The lowest BCUT2D eigenvalue weighted by molar-refractivity contribution is 0.637. The smallest absolute Gasteiger partial charge is 0.254 e. The predicted octanol–water partition coefficient (Wildman–Crippen LogP) is 4.12. The normalized spacial score (nSPS) is 14.4. The summed E-state index contributed by atoms with van der Waals surface area (Å²) in [6.07, 6.45) is 5.48. The molecule has 7 nitrogen and oxygen atoms in total. The number of piperazine rings is 1. The minimum atomic E-state index is 0.633. The summed E-state index contributed by atoms with van der Waals surface area (Å²) >= 11 is 6.41. The van der Waals surface area contributed by atoms with Crippen molar-refractivity contribution in [3.8, 4) is 11.4 Å². The molecule has 0 amide bonds. The summed E-state index contributed by atoms with van der Waals surface area (Å²) < 4.78 is 1.87. The Bertz CT molecular complexity index is 1180. The monoisotopic (exact) mass is 433 g/mol. The number of pyridine rings is 1. The van der Waals surface area contributed by atoms with E-state index in [0.29, 0.717) is 11.6 Å². The Morgan fingerprint density at radius 1 is 0.968 bits per heavy atom. The van der Waals surface area contributed by atoms with Crippen molar-refractivity contribution in [1.82, 2.24) is 24.6 Å². The second-order valence-corrected chi connectivity index (χ2v) is 8.08. The number of fused-ring (bicyclic) bond motifs is 1. The number of rotatable bonds is 5. The van der Waals surface area contributed by atoms with Crippen molar-refractivity contribution in [2.75, 3.05) is 36.0 Å². The topological polar surface area (TPSA) is 62.5 Å². The Kier molecular flexibility index (Phi) is 5.42. The van der Waals surface area contributed by atoms with Crippen LogP contribution in [0.15, 0.2) is 54.9 Å². The summed E-state index contributed by atoms with van der Waals surface area (Å²) in [4.78, 5) is 18.4. The molecule has 0 bridgehead atoms. The van der Waals surface area contributed by atoms with Gasteiger partial charge in [-0.3, -0.25) is 4.98 Å². The van der Waals surface area contributed by atoms with Crippen LogP contribution in [0.3, 0.4) is 0 Å². The Labute approximate surface area is 186 Å². The van der Waals surface area contributed by atoms with E-state index in [9.17, 15) is 0 Å². The minimum Gasteiger partial charge on any atom is -0.367 e. The van der Waals surface area contributed by atoms with E-state index in [-0.39, 0.29) is 0 Å². The van der Waals surface area contributed by atoms with Gasteiger partial charge in [0.1, 0.15) is 5.82 Å². The minimum absolute atomic E-state index is 0.633. The van der Waals surface area contributed by atoms with Crippen LogP contribution < -0.4 is 9.80 Å². The van der Waals surface area contributed by atoms with Gasteiger partial charge < -0.3 is 9.80 Å². The third-order valence-corrected chi connectivity index (χ3v) is 5.89. The largest absolute Gasteiger partial charge is 0.367 e. The molecule has 0 atom stereocenters. The van der Waals surface area contributed by atoms with E-state index in [1.807, 2.05) is 34.8 Å². The quantitative estimate of drug-likeness (QED) is 0.471. The first kappa shape index (κ1) is 19.8. The molecule has 8 heteroatoms. The van der Waals surface area contributed by atoms with Crippen LogP contribution in [0.1, 0.15) is 19.0 Å². The predicted molar refractivity (Wildman–Crippen MR) is 124 cm³/mol. The van der Waals surface area contributed by atoms with Crippen molar-refractivity contribution < 1.29 is 0 Å². The summed E-state index contributed by atoms with van der Waals surface area (Å²) in [6.45, 7) is 5.69. The average molecular weight is 434 g/mol. The zero-order valence-corrected chi connectivity index (χ0v) is 18.2. The molecule has 1 fully saturated rings. The average Bonchev–Trinajstić information content (AvgIpc) is 3.24. The van der Waals surface area contributed by atoms with Crippen LogP contribution in [0, 0.1) is 0 Å². The van der Waals surface area contributed by atoms with E-state index in [2.05, 4.69) is 33.8 Å². The number of anilines is 2.